The fourth-order valence-electron chi connectivity index (χ4n) is 4.57. The van der Waals surface area contributed by atoms with Gasteiger partial charge in [0.15, 0.2) is 0 Å². The maximum absolute atomic E-state index is 13.9. The molecule has 2 aromatic carbocycles. The summed E-state index contributed by atoms with van der Waals surface area (Å²) >= 11 is 6.02. The first-order chi connectivity index (χ1) is 14.4. The minimum Gasteiger partial charge on any atom is -0.311 e. The van der Waals surface area contributed by atoms with Crippen LogP contribution in [0.15, 0.2) is 54.7 Å². The summed E-state index contributed by atoms with van der Waals surface area (Å²) in [6.07, 6.45) is 1.77. The standard InChI is InChI=1S/C23H21ClN4O2/c1-14(2)13-27-19-6-4-3-5-17(19)23(22(27)30)11-20(29)26-21-18(23)12-25-28(21)16-9-7-15(24)8-10-16/h3-10,12,14H,11,13H2,1-2H3,(H,26,29)/t23-/m0/s1. The quantitative estimate of drug-likeness (QED) is 0.691. The van der Waals surface area contributed by atoms with E-state index in [1.807, 2.05) is 41.3 Å². The Hall–Kier alpha value is -3.12. The first kappa shape index (κ1) is 18.9. The molecule has 0 saturated heterocycles. The molecule has 2 amide bonds. The molecule has 0 bridgehead atoms. The Morgan fingerprint density at radius 3 is 2.57 bits per heavy atom. The molecular formula is C23H21ClN4O2. The van der Waals surface area contributed by atoms with E-state index in [4.69, 9.17) is 11.6 Å². The third-order valence-electron chi connectivity index (χ3n) is 5.80. The van der Waals surface area contributed by atoms with Crippen LogP contribution in [0.25, 0.3) is 5.69 Å². The van der Waals surface area contributed by atoms with Crippen molar-refractivity contribution in [1.82, 2.24) is 9.78 Å². The molecule has 3 aromatic rings. The van der Waals surface area contributed by atoms with Crippen molar-refractivity contribution in [2.75, 3.05) is 16.8 Å². The normalized spacial score (nSPS) is 19.9. The number of para-hydroxylation sites is 1. The van der Waals surface area contributed by atoms with Gasteiger partial charge in [0, 0.05) is 29.2 Å². The van der Waals surface area contributed by atoms with E-state index in [1.54, 1.807) is 23.0 Å². The number of hydrogen-bond donors (Lipinski definition) is 1. The van der Waals surface area contributed by atoms with Crippen LogP contribution in [0.4, 0.5) is 11.5 Å². The number of fused-ring (bicyclic) bond motifs is 4. The topological polar surface area (TPSA) is 67.2 Å². The SMILES string of the molecule is CC(C)CN1C(=O)[C@@]2(CC(=O)Nc3c2cnn3-c2ccc(Cl)cc2)c2ccccc21. The van der Waals surface area contributed by atoms with E-state index in [2.05, 4.69) is 24.3 Å². The molecular weight excluding hydrogens is 400 g/mol. The Bertz CT molecular complexity index is 1170. The van der Waals surface area contributed by atoms with E-state index in [0.29, 0.717) is 23.3 Å². The molecule has 0 radical (unpaired) electrons. The summed E-state index contributed by atoms with van der Waals surface area (Å²) in [5, 5.41) is 8.09. The summed E-state index contributed by atoms with van der Waals surface area (Å²) < 4.78 is 1.66. The molecule has 5 rings (SSSR count). The molecule has 2 aliphatic heterocycles. The van der Waals surface area contributed by atoms with Crippen LogP contribution in [0.3, 0.4) is 0 Å². The first-order valence-electron chi connectivity index (χ1n) is 9.97. The van der Waals surface area contributed by atoms with Gasteiger partial charge in [0.1, 0.15) is 11.2 Å². The van der Waals surface area contributed by atoms with Crippen LogP contribution in [-0.4, -0.2) is 28.1 Å². The highest BCUT2D eigenvalue weighted by molar-refractivity contribution is 6.30. The number of nitrogens with zero attached hydrogens (tertiary/aromatic N) is 3. The van der Waals surface area contributed by atoms with Crippen LogP contribution >= 0.6 is 11.6 Å². The number of halogens is 1. The van der Waals surface area contributed by atoms with Gasteiger partial charge in [0.2, 0.25) is 11.8 Å². The fourth-order valence-corrected chi connectivity index (χ4v) is 4.70. The van der Waals surface area contributed by atoms with Crippen molar-refractivity contribution in [3.05, 3.63) is 70.9 Å². The van der Waals surface area contributed by atoms with E-state index in [1.165, 1.54) is 0 Å². The summed E-state index contributed by atoms with van der Waals surface area (Å²) in [5.41, 5.74) is 2.16. The molecule has 3 heterocycles. The number of benzene rings is 2. The maximum Gasteiger partial charge on any atom is 0.242 e. The van der Waals surface area contributed by atoms with Gasteiger partial charge in [0.25, 0.3) is 0 Å². The van der Waals surface area contributed by atoms with Crippen LogP contribution < -0.4 is 10.2 Å². The summed E-state index contributed by atoms with van der Waals surface area (Å²) in [5.74, 6) is 0.561. The van der Waals surface area contributed by atoms with Gasteiger partial charge < -0.3 is 10.2 Å². The van der Waals surface area contributed by atoms with Crippen LogP contribution in [0.2, 0.25) is 5.02 Å². The predicted octanol–water partition coefficient (Wildman–Crippen LogP) is 4.16. The van der Waals surface area contributed by atoms with E-state index in [9.17, 15) is 9.59 Å². The molecule has 0 unspecified atom stereocenters. The van der Waals surface area contributed by atoms with Crippen molar-refractivity contribution in [1.29, 1.82) is 0 Å². The van der Waals surface area contributed by atoms with Gasteiger partial charge in [-0.05, 0) is 41.8 Å². The lowest BCUT2D eigenvalue weighted by Crippen LogP contribution is -2.47. The number of amides is 2. The van der Waals surface area contributed by atoms with Crippen LogP contribution in [0.5, 0.6) is 0 Å². The molecule has 1 aromatic heterocycles. The Morgan fingerprint density at radius 2 is 1.83 bits per heavy atom. The molecule has 0 aliphatic carbocycles. The molecule has 0 fully saturated rings. The van der Waals surface area contributed by atoms with Gasteiger partial charge in [0.05, 0.1) is 11.9 Å². The van der Waals surface area contributed by atoms with Crippen molar-refractivity contribution in [2.24, 2.45) is 5.92 Å². The third kappa shape index (κ3) is 2.60. The highest BCUT2D eigenvalue weighted by atomic mass is 35.5. The van der Waals surface area contributed by atoms with Crippen LogP contribution in [0, 0.1) is 5.92 Å². The number of carbonyl (C=O) groups excluding carboxylic acids is 2. The number of aromatic nitrogens is 2. The lowest BCUT2D eigenvalue weighted by molar-refractivity contribution is -0.126. The van der Waals surface area contributed by atoms with Crippen molar-refractivity contribution in [3.63, 3.8) is 0 Å². The molecule has 152 valence electrons. The van der Waals surface area contributed by atoms with E-state index in [-0.39, 0.29) is 18.2 Å². The molecule has 1 atom stereocenters. The number of anilines is 2. The van der Waals surface area contributed by atoms with Gasteiger partial charge in [-0.15, -0.1) is 0 Å². The van der Waals surface area contributed by atoms with Gasteiger partial charge in [-0.25, -0.2) is 4.68 Å². The molecule has 0 saturated carbocycles. The Labute approximate surface area is 179 Å². The highest BCUT2D eigenvalue weighted by Crippen LogP contribution is 2.52. The minimum absolute atomic E-state index is 0.0656. The molecule has 1 spiro atoms. The Morgan fingerprint density at radius 1 is 1.10 bits per heavy atom. The van der Waals surface area contributed by atoms with Gasteiger partial charge in [-0.1, -0.05) is 43.6 Å². The maximum atomic E-state index is 13.9. The summed E-state index contributed by atoms with van der Waals surface area (Å²) in [6, 6.07) is 15.0. The average molecular weight is 421 g/mol. The molecule has 30 heavy (non-hydrogen) atoms. The third-order valence-corrected chi connectivity index (χ3v) is 6.05. The summed E-state index contributed by atoms with van der Waals surface area (Å²) in [4.78, 5) is 28.5. The smallest absolute Gasteiger partial charge is 0.242 e. The minimum atomic E-state index is -1.06. The summed E-state index contributed by atoms with van der Waals surface area (Å²) in [6.45, 7) is 4.76. The lowest BCUT2D eigenvalue weighted by Gasteiger charge is -2.32. The number of carbonyl (C=O) groups is 2. The monoisotopic (exact) mass is 420 g/mol. The Balaban J connectivity index is 1.72. The molecule has 6 nitrogen and oxygen atoms in total. The second-order valence-electron chi connectivity index (χ2n) is 8.25. The van der Waals surface area contributed by atoms with E-state index in [0.717, 1.165) is 22.5 Å². The van der Waals surface area contributed by atoms with E-state index < -0.39 is 5.41 Å². The highest BCUT2D eigenvalue weighted by Gasteiger charge is 2.57. The molecule has 1 N–H and O–H groups in total. The first-order valence-corrected chi connectivity index (χ1v) is 10.4. The zero-order chi connectivity index (χ0) is 21.0. The fraction of sp³-hybridized carbons (Fsp3) is 0.261. The van der Waals surface area contributed by atoms with Crippen molar-refractivity contribution in [3.8, 4) is 5.69 Å². The van der Waals surface area contributed by atoms with Crippen molar-refractivity contribution < 1.29 is 9.59 Å². The molecule has 2 aliphatic rings. The molecule has 7 heteroatoms. The zero-order valence-electron chi connectivity index (χ0n) is 16.7. The number of nitrogens with one attached hydrogen (secondary N) is 1. The largest absolute Gasteiger partial charge is 0.311 e. The van der Waals surface area contributed by atoms with E-state index >= 15 is 0 Å². The van der Waals surface area contributed by atoms with Gasteiger partial charge >= 0.3 is 0 Å². The predicted molar refractivity (Wildman–Crippen MR) is 116 cm³/mol. The van der Waals surface area contributed by atoms with Gasteiger partial charge in [-0.2, -0.15) is 5.10 Å². The van der Waals surface area contributed by atoms with Crippen LogP contribution in [0.1, 0.15) is 31.4 Å². The van der Waals surface area contributed by atoms with Crippen molar-refractivity contribution in [2.45, 2.75) is 25.7 Å². The Kier molecular flexibility index (Phi) is 4.22. The lowest BCUT2D eigenvalue weighted by atomic mass is 9.72. The van der Waals surface area contributed by atoms with Crippen LogP contribution in [-0.2, 0) is 15.0 Å². The number of rotatable bonds is 3. The second-order valence-corrected chi connectivity index (χ2v) is 8.69. The summed E-state index contributed by atoms with van der Waals surface area (Å²) in [7, 11) is 0. The van der Waals surface area contributed by atoms with Crippen molar-refractivity contribution >= 4 is 34.9 Å². The zero-order valence-corrected chi connectivity index (χ0v) is 17.5. The average Bonchev–Trinajstić information content (AvgIpc) is 3.23. The number of hydrogen-bond acceptors (Lipinski definition) is 3. The second kappa shape index (κ2) is 6.71. The van der Waals surface area contributed by atoms with Gasteiger partial charge in [-0.3, -0.25) is 9.59 Å².